The SMILES string of the molecule is CC1CN(Cc2ccc(-c3ccccc3C#N)cc2)CCO1. The van der Waals surface area contributed by atoms with E-state index in [-0.39, 0.29) is 0 Å². The first kappa shape index (κ1) is 14.8. The van der Waals surface area contributed by atoms with Crippen molar-refractivity contribution in [2.24, 2.45) is 0 Å². The van der Waals surface area contributed by atoms with E-state index in [1.54, 1.807) is 0 Å². The predicted octanol–water partition coefficient (Wildman–Crippen LogP) is 3.45. The Balaban J connectivity index is 1.74. The van der Waals surface area contributed by atoms with E-state index in [4.69, 9.17) is 4.74 Å². The molecule has 0 N–H and O–H groups in total. The van der Waals surface area contributed by atoms with Gasteiger partial charge in [-0.2, -0.15) is 5.26 Å². The predicted molar refractivity (Wildman–Crippen MR) is 87.3 cm³/mol. The number of ether oxygens (including phenoxy) is 1. The summed E-state index contributed by atoms with van der Waals surface area (Å²) in [5, 5.41) is 9.21. The van der Waals surface area contributed by atoms with Crippen LogP contribution in [0.1, 0.15) is 18.1 Å². The van der Waals surface area contributed by atoms with E-state index in [1.165, 1.54) is 5.56 Å². The lowest BCUT2D eigenvalue weighted by Crippen LogP contribution is -2.40. The molecule has 1 heterocycles. The lowest BCUT2D eigenvalue weighted by Gasteiger charge is -2.31. The molecule has 3 nitrogen and oxygen atoms in total. The number of benzene rings is 2. The standard InChI is InChI=1S/C19H20N2O/c1-15-13-21(10-11-22-15)14-16-6-8-17(9-7-16)19-5-3-2-4-18(19)12-20/h2-9,15H,10-11,13-14H2,1H3. The summed E-state index contributed by atoms with van der Waals surface area (Å²) in [4.78, 5) is 2.42. The zero-order valence-corrected chi connectivity index (χ0v) is 12.8. The number of hydrogen-bond acceptors (Lipinski definition) is 3. The first-order chi connectivity index (χ1) is 10.8. The largest absolute Gasteiger partial charge is 0.376 e. The van der Waals surface area contributed by atoms with Gasteiger partial charge in [-0.3, -0.25) is 4.90 Å². The monoisotopic (exact) mass is 292 g/mol. The molecule has 0 amide bonds. The Morgan fingerprint density at radius 2 is 1.95 bits per heavy atom. The molecule has 0 saturated carbocycles. The Labute approximate surface area is 131 Å². The molecule has 2 aromatic carbocycles. The van der Waals surface area contributed by atoms with Crippen molar-refractivity contribution < 1.29 is 4.74 Å². The van der Waals surface area contributed by atoms with Crippen LogP contribution < -0.4 is 0 Å². The minimum Gasteiger partial charge on any atom is -0.376 e. The van der Waals surface area contributed by atoms with Gasteiger partial charge in [-0.15, -0.1) is 0 Å². The molecule has 3 heteroatoms. The molecule has 0 radical (unpaired) electrons. The van der Waals surface area contributed by atoms with Crippen LogP contribution >= 0.6 is 0 Å². The van der Waals surface area contributed by atoms with Gasteiger partial charge in [0, 0.05) is 19.6 Å². The molecule has 3 rings (SSSR count). The van der Waals surface area contributed by atoms with E-state index in [1.807, 2.05) is 24.3 Å². The second kappa shape index (κ2) is 6.74. The summed E-state index contributed by atoms with van der Waals surface area (Å²) in [5.41, 5.74) is 4.11. The number of morpholine rings is 1. The molecule has 0 aliphatic carbocycles. The van der Waals surface area contributed by atoms with Crippen molar-refractivity contribution in [3.05, 3.63) is 59.7 Å². The highest BCUT2D eigenvalue weighted by molar-refractivity contribution is 5.70. The van der Waals surface area contributed by atoms with Crippen LogP contribution in [0.15, 0.2) is 48.5 Å². The molecule has 1 atom stereocenters. The van der Waals surface area contributed by atoms with Crippen LogP contribution in [0.2, 0.25) is 0 Å². The summed E-state index contributed by atoms with van der Waals surface area (Å²) in [6.45, 7) is 5.86. The maximum absolute atomic E-state index is 9.21. The van der Waals surface area contributed by atoms with E-state index < -0.39 is 0 Å². The van der Waals surface area contributed by atoms with Crippen molar-refractivity contribution >= 4 is 0 Å². The second-order valence-corrected chi connectivity index (χ2v) is 5.77. The Kier molecular flexibility index (Phi) is 4.53. The third-order valence-electron chi connectivity index (χ3n) is 4.04. The van der Waals surface area contributed by atoms with E-state index in [2.05, 4.69) is 42.2 Å². The first-order valence-electron chi connectivity index (χ1n) is 7.68. The third kappa shape index (κ3) is 3.36. The summed E-state index contributed by atoms with van der Waals surface area (Å²) in [5.74, 6) is 0. The molecule has 2 aromatic rings. The fourth-order valence-corrected chi connectivity index (χ4v) is 2.91. The summed E-state index contributed by atoms with van der Waals surface area (Å²) >= 11 is 0. The molecule has 0 bridgehead atoms. The minimum atomic E-state index is 0.315. The summed E-state index contributed by atoms with van der Waals surface area (Å²) < 4.78 is 5.58. The Bertz CT molecular complexity index is 673. The van der Waals surface area contributed by atoms with Crippen LogP contribution in [0.25, 0.3) is 11.1 Å². The van der Waals surface area contributed by atoms with Crippen molar-refractivity contribution in [1.29, 1.82) is 5.26 Å². The Hall–Kier alpha value is -2.15. The quantitative estimate of drug-likeness (QED) is 0.869. The van der Waals surface area contributed by atoms with Gasteiger partial charge in [-0.1, -0.05) is 42.5 Å². The number of nitriles is 1. The van der Waals surface area contributed by atoms with Gasteiger partial charge in [0.05, 0.1) is 24.3 Å². The van der Waals surface area contributed by atoms with E-state index in [9.17, 15) is 5.26 Å². The van der Waals surface area contributed by atoms with Crippen LogP contribution in [-0.4, -0.2) is 30.7 Å². The van der Waals surface area contributed by atoms with Crippen LogP contribution in [0.5, 0.6) is 0 Å². The van der Waals surface area contributed by atoms with Crippen molar-refractivity contribution in [2.75, 3.05) is 19.7 Å². The third-order valence-corrected chi connectivity index (χ3v) is 4.04. The summed E-state index contributed by atoms with van der Waals surface area (Å²) in [7, 11) is 0. The smallest absolute Gasteiger partial charge is 0.0998 e. The number of rotatable bonds is 3. The molecular formula is C19H20N2O. The van der Waals surface area contributed by atoms with Crippen molar-refractivity contribution in [1.82, 2.24) is 4.90 Å². The number of nitrogens with zero attached hydrogens (tertiary/aromatic N) is 2. The Morgan fingerprint density at radius 3 is 2.68 bits per heavy atom. The van der Waals surface area contributed by atoms with Crippen molar-refractivity contribution in [2.45, 2.75) is 19.6 Å². The molecule has 22 heavy (non-hydrogen) atoms. The molecule has 1 saturated heterocycles. The topological polar surface area (TPSA) is 36.3 Å². The highest BCUT2D eigenvalue weighted by Crippen LogP contribution is 2.24. The molecule has 0 aromatic heterocycles. The van der Waals surface area contributed by atoms with Gasteiger partial charge in [0.1, 0.15) is 0 Å². The van der Waals surface area contributed by atoms with Crippen LogP contribution in [-0.2, 0) is 11.3 Å². The molecular weight excluding hydrogens is 272 g/mol. The Morgan fingerprint density at radius 1 is 1.18 bits per heavy atom. The second-order valence-electron chi connectivity index (χ2n) is 5.77. The van der Waals surface area contributed by atoms with E-state index in [0.717, 1.165) is 42.9 Å². The zero-order chi connectivity index (χ0) is 15.4. The maximum atomic E-state index is 9.21. The van der Waals surface area contributed by atoms with Crippen LogP contribution in [0.4, 0.5) is 0 Å². The normalized spacial score (nSPS) is 18.8. The molecule has 0 spiro atoms. The van der Waals surface area contributed by atoms with Gasteiger partial charge in [-0.05, 0) is 29.7 Å². The van der Waals surface area contributed by atoms with Gasteiger partial charge >= 0.3 is 0 Å². The van der Waals surface area contributed by atoms with Gasteiger partial charge < -0.3 is 4.74 Å². The average molecular weight is 292 g/mol. The summed E-state index contributed by atoms with van der Waals surface area (Å²) in [6.07, 6.45) is 0.315. The van der Waals surface area contributed by atoms with Crippen LogP contribution in [0, 0.1) is 11.3 Å². The lowest BCUT2D eigenvalue weighted by molar-refractivity contribution is -0.0212. The van der Waals surface area contributed by atoms with Gasteiger partial charge in [0.25, 0.3) is 0 Å². The molecule has 112 valence electrons. The minimum absolute atomic E-state index is 0.315. The zero-order valence-electron chi connectivity index (χ0n) is 12.8. The van der Waals surface area contributed by atoms with E-state index in [0.29, 0.717) is 6.10 Å². The lowest BCUT2D eigenvalue weighted by atomic mass is 9.99. The highest BCUT2D eigenvalue weighted by Gasteiger charge is 2.16. The van der Waals surface area contributed by atoms with E-state index >= 15 is 0 Å². The molecule has 1 aliphatic heterocycles. The van der Waals surface area contributed by atoms with Crippen molar-refractivity contribution in [3.63, 3.8) is 0 Å². The number of hydrogen-bond donors (Lipinski definition) is 0. The summed E-state index contributed by atoms with van der Waals surface area (Å²) in [6, 6.07) is 18.5. The van der Waals surface area contributed by atoms with Gasteiger partial charge in [0.2, 0.25) is 0 Å². The fraction of sp³-hybridized carbons (Fsp3) is 0.316. The molecule has 1 fully saturated rings. The molecule has 1 aliphatic rings. The fourth-order valence-electron chi connectivity index (χ4n) is 2.91. The highest BCUT2D eigenvalue weighted by atomic mass is 16.5. The average Bonchev–Trinajstić information content (AvgIpc) is 2.56. The van der Waals surface area contributed by atoms with Crippen molar-refractivity contribution in [3.8, 4) is 17.2 Å². The van der Waals surface area contributed by atoms with Gasteiger partial charge in [-0.25, -0.2) is 0 Å². The first-order valence-corrected chi connectivity index (χ1v) is 7.68. The maximum Gasteiger partial charge on any atom is 0.0998 e. The van der Waals surface area contributed by atoms with Crippen LogP contribution in [0.3, 0.4) is 0 Å². The molecule has 1 unspecified atom stereocenters. The van der Waals surface area contributed by atoms with Gasteiger partial charge in [0.15, 0.2) is 0 Å².